The van der Waals surface area contributed by atoms with Crippen molar-refractivity contribution in [1.82, 2.24) is 19.2 Å². The van der Waals surface area contributed by atoms with Gasteiger partial charge in [-0.15, -0.1) is 0 Å². The lowest BCUT2D eigenvalue weighted by atomic mass is 10.4. The van der Waals surface area contributed by atoms with Crippen LogP contribution in [0.1, 0.15) is 6.42 Å². The molecule has 0 aromatic heterocycles. The summed E-state index contributed by atoms with van der Waals surface area (Å²) in [4.78, 5) is 11.2. The van der Waals surface area contributed by atoms with Gasteiger partial charge in [-0.1, -0.05) is 0 Å². The van der Waals surface area contributed by atoms with Crippen LogP contribution in [0.3, 0.4) is 0 Å². The van der Waals surface area contributed by atoms with E-state index in [4.69, 9.17) is 0 Å². The monoisotopic (exact) mass is 262 g/mol. The highest BCUT2D eigenvalue weighted by Gasteiger charge is 2.32. The Morgan fingerprint density at radius 3 is 2.53 bits per heavy atom. The molecule has 2 saturated heterocycles. The summed E-state index contributed by atoms with van der Waals surface area (Å²) in [5.41, 5.74) is 0. The van der Waals surface area contributed by atoms with Crippen LogP contribution in [-0.2, 0) is 15.0 Å². The second-order valence-corrected chi connectivity index (χ2v) is 6.12. The second-order valence-electron chi connectivity index (χ2n) is 4.19. The average Bonchev–Trinajstić information content (AvgIpc) is 2.58. The van der Waals surface area contributed by atoms with Gasteiger partial charge in [0.05, 0.1) is 6.54 Å². The Morgan fingerprint density at radius 2 is 1.76 bits per heavy atom. The van der Waals surface area contributed by atoms with Crippen LogP contribution in [0.5, 0.6) is 0 Å². The highest BCUT2D eigenvalue weighted by Crippen LogP contribution is 2.11. The van der Waals surface area contributed by atoms with E-state index in [2.05, 4.69) is 10.6 Å². The normalized spacial score (nSPS) is 25.3. The first-order valence-electron chi connectivity index (χ1n) is 5.83. The zero-order chi connectivity index (χ0) is 12.3. The average molecular weight is 262 g/mol. The number of nitrogens with zero attached hydrogens (tertiary/aromatic N) is 2. The van der Waals surface area contributed by atoms with Crippen LogP contribution in [0, 0.1) is 0 Å². The summed E-state index contributed by atoms with van der Waals surface area (Å²) >= 11 is 0. The fraction of sp³-hybridized carbons (Fsp3) is 0.889. The topological polar surface area (TPSA) is 81.8 Å². The van der Waals surface area contributed by atoms with Gasteiger partial charge in [0.25, 0.3) is 10.2 Å². The van der Waals surface area contributed by atoms with Gasteiger partial charge in [0.2, 0.25) is 5.91 Å². The summed E-state index contributed by atoms with van der Waals surface area (Å²) < 4.78 is 27.3. The van der Waals surface area contributed by atoms with E-state index >= 15 is 0 Å². The molecule has 7 nitrogen and oxygen atoms in total. The molecule has 17 heavy (non-hydrogen) atoms. The van der Waals surface area contributed by atoms with Crippen LogP contribution in [-0.4, -0.2) is 68.7 Å². The molecule has 2 aliphatic heterocycles. The van der Waals surface area contributed by atoms with Crippen LogP contribution in [0.15, 0.2) is 0 Å². The molecule has 2 N–H and O–H groups in total. The molecule has 0 saturated carbocycles. The van der Waals surface area contributed by atoms with E-state index in [0.29, 0.717) is 32.7 Å². The third kappa shape index (κ3) is 2.95. The van der Waals surface area contributed by atoms with Gasteiger partial charge < -0.3 is 10.6 Å². The van der Waals surface area contributed by atoms with E-state index in [9.17, 15) is 13.2 Å². The molecule has 2 aliphatic rings. The first-order chi connectivity index (χ1) is 8.10. The maximum absolute atomic E-state index is 12.3. The third-order valence-corrected chi connectivity index (χ3v) is 4.94. The third-order valence-electron chi connectivity index (χ3n) is 2.95. The standard InChI is InChI=1S/C9H18N4O3S/c14-9-8-13(7-4-11-9)17(15,16)12-5-1-2-10-3-6-12/h10H,1-8H2,(H,11,14). The van der Waals surface area contributed by atoms with Crippen LogP contribution in [0.2, 0.25) is 0 Å². The predicted molar refractivity (Wildman–Crippen MR) is 62.6 cm³/mol. The van der Waals surface area contributed by atoms with E-state index in [-0.39, 0.29) is 12.5 Å². The van der Waals surface area contributed by atoms with Crippen LogP contribution in [0.4, 0.5) is 0 Å². The van der Waals surface area contributed by atoms with Crippen LogP contribution < -0.4 is 10.6 Å². The van der Waals surface area contributed by atoms with Crippen molar-refractivity contribution in [2.45, 2.75) is 6.42 Å². The second kappa shape index (κ2) is 5.30. The van der Waals surface area contributed by atoms with Crippen molar-refractivity contribution in [1.29, 1.82) is 0 Å². The molecule has 2 rings (SSSR count). The fourth-order valence-corrected chi connectivity index (χ4v) is 3.64. The molecule has 98 valence electrons. The number of carbonyl (C=O) groups excluding carboxylic acids is 1. The molecule has 0 aromatic carbocycles. The number of hydrogen-bond donors (Lipinski definition) is 2. The molecule has 0 radical (unpaired) electrons. The molecular weight excluding hydrogens is 244 g/mol. The summed E-state index contributed by atoms with van der Waals surface area (Å²) in [5.74, 6) is -0.229. The molecule has 2 heterocycles. The predicted octanol–water partition coefficient (Wildman–Crippen LogP) is -2.04. The summed E-state index contributed by atoms with van der Waals surface area (Å²) in [6, 6.07) is 0. The van der Waals surface area contributed by atoms with Crippen LogP contribution in [0.25, 0.3) is 0 Å². The SMILES string of the molecule is O=C1CN(S(=O)(=O)N2CCCNCC2)CCN1. The number of rotatable bonds is 2. The van der Waals surface area contributed by atoms with E-state index < -0.39 is 10.2 Å². The van der Waals surface area contributed by atoms with Gasteiger partial charge in [-0.05, 0) is 13.0 Å². The molecule has 2 fully saturated rings. The minimum Gasteiger partial charge on any atom is -0.354 e. The van der Waals surface area contributed by atoms with Gasteiger partial charge >= 0.3 is 0 Å². The van der Waals surface area contributed by atoms with Crippen molar-refractivity contribution in [2.24, 2.45) is 0 Å². The first kappa shape index (κ1) is 12.7. The number of piperazine rings is 1. The Kier molecular flexibility index (Phi) is 3.97. The summed E-state index contributed by atoms with van der Waals surface area (Å²) in [6.07, 6.45) is 0.805. The van der Waals surface area contributed by atoms with Crippen molar-refractivity contribution in [3.63, 3.8) is 0 Å². The lowest BCUT2D eigenvalue weighted by Crippen LogP contribution is -2.54. The first-order valence-corrected chi connectivity index (χ1v) is 7.23. The zero-order valence-electron chi connectivity index (χ0n) is 9.68. The molecule has 0 aromatic rings. The van der Waals surface area contributed by atoms with E-state index in [1.807, 2.05) is 0 Å². The van der Waals surface area contributed by atoms with Crippen molar-refractivity contribution < 1.29 is 13.2 Å². The molecule has 0 unspecified atom stereocenters. The van der Waals surface area contributed by atoms with E-state index in [1.54, 1.807) is 0 Å². The molecule has 1 amide bonds. The number of nitrogens with one attached hydrogen (secondary N) is 2. The molecule has 0 aliphatic carbocycles. The highest BCUT2D eigenvalue weighted by molar-refractivity contribution is 7.86. The minimum atomic E-state index is -3.48. The summed E-state index contributed by atoms with van der Waals surface area (Å²) in [7, 11) is -3.48. The lowest BCUT2D eigenvalue weighted by molar-refractivity contribution is -0.122. The van der Waals surface area contributed by atoms with Crippen LogP contribution >= 0.6 is 0 Å². The lowest BCUT2D eigenvalue weighted by Gasteiger charge is -2.31. The molecule has 0 atom stereocenters. The van der Waals surface area contributed by atoms with Crippen molar-refractivity contribution in [2.75, 3.05) is 45.8 Å². The number of carbonyl (C=O) groups is 1. The molecule has 8 heteroatoms. The zero-order valence-corrected chi connectivity index (χ0v) is 10.5. The summed E-state index contributed by atoms with van der Waals surface area (Å²) in [6.45, 7) is 3.19. The Balaban J connectivity index is 2.08. The Bertz CT molecular complexity index is 376. The van der Waals surface area contributed by atoms with E-state index in [1.165, 1.54) is 8.61 Å². The Hall–Kier alpha value is -0.700. The quantitative estimate of drug-likeness (QED) is 0.601. The van der Waals surface area contributed by atoms with Gasteiger partial charge in [-0.25, -0.2) is 0 Å². The fourth-order valence-electron chi connectivity index (χ4n) is 2.03. The van der Waals surface area contributed by atoms with Gasteiger partial charge in [-0.3, -0.25) is 4.79 Å². The Morgan fingerprint density at radius 1 is 1.00 bits per heavy atom. The summed E-state index contributed by atoms with van der Waals surface area (Å²) in [5, 5.41) is 5.78. The van der Waals surface area contributed by atoms with Gasteiger partial charge in [0.1, 0.15) is 0 Å². The number of hydrogen-bond acceptors (Lipinski definition) is 4. The highest BCUT2D eigenvalue weighted by atomic mass is 32.2. The van der Waals surface area contributed by atoms with Crippen molar-refractivity contribution in [3.8, 4) is 0 Å². The maximum atomic E-state index is 12.3. The van der Waals surface area contributed by atoms with Gasteiger partial charge in [0.15, 0.2) is 0 Å². The van der Waals surface area contributed by atoms with Gasteiger partial charge in [-0.2, -0.15) is 17.0 Å². The Labute approximate surface area is 101 Å². The minimum absolute atomic E-state index is 0.0632. The molecule has 0 spiro atoms. The smallest absolute Gasteiger partial charge is 0.282 e. The number of amides is 1. The van der Waals surface area contributed by atoms with Gasteiger partial charge in [0, 0.05) is 32.7 Å². The largest absolute Gasteiger partial charge is 0.354 e. The molecule has 0 bridgehead atoms. The molecular formula is C9H18N4O3S. The maximum Gasteiger partial charge on any atom is 0.282 e. The van der Waals surface area contributed by atoms with Crippen molar-refractivity contribution in [3.05, 3.63) is 0 Å². The van der Waals surface area contributed by atoms with Crippen molar-refractivity contribution >= 4 is 16.1 Å². The van der Waals surface area contributed by atoms with E-state index in [0.717, 1.165) is 13.0 Å².